The van der Waals surface area contributed by atoms with E-state index in [1.165, 1.54) is 25.0 Å². The number of hydrogen-bond acceptors (Lipinski definition) is 4. The fourth-order valence-corrected chi connectivity index (χ4v) is 2.65. The van der Waals surface area contributed by atoms with E-state index in [4.69, 9.17) is 9.84 Å². The highest BCUT2D eigenvalue weighted by Crippen LogP contribution is 2.28. The van der Waals surface area contributed by atoms with E-state index in [-0.39, 0.29) is 18.0 Å². The third-order valence-electron chi connectivity index (χ3n) is 3.01. The van der Waals surface area contributed by atoms with Crippen LogP contribution in [0.2, 0.25) is 0 Å². The van der Waals surface area contributed by atoms with Crippen molar-refractivity contribution in [1.82, 2.24) is 4.72 Å². The minimum absolute atomic E-state index is 0.0945. The zero-order valence-electron chi connectivity index (χ0n) is 10.7. The molecule has 19 heavy (non-hydrogen) atoms. The van der Waals surface area contributed by atoms with E-state index in [9.17, 15) is 8.42 Å². The second-order valence-electron chi connectivity index (χ2n) is 4.72. The molecule has 1 fully saturated rings. The van der Waals surface area contributed by atoms with Crippen molar-refractivity contribution in [1.29, 1.82) is 0 Å². The van der Waals surface area contributed by atoms with Gasteiger partial charge in [-0.15, -0.1) is 0 Å². The molecular formula is C13H19NO4S. The average Bonchev–Trinajstić information content (AvgIpc) is 3.22. The molecule has 0 radical (unpaired) electrons. The smallest absolute Gasteiger partial charge is 0.240 e. The number of rotatable bonds is 8. The van der Waals surface area contributed by atoms with E-state index in [0.29, 0.717) is 18.1 Å². The normalized spacial score (nSPS) is 15.6. The summed E-state index contributed by atoms with van der Waals surface area (Å²) in [6, 6.07) is 6.16. The van der Waals surface area contributed by atoms with Crippen LogP contribution >= 0.6 is 0 Å². The third kappa shape index (κ3) is 4.58. The Bertz CT molecular complexity index is 494. The molecule has 0 spiro atoms. The molecule has 0 atom stereocenters. The van der Waals surface area contributed by atoms with Crippen LogP contribution in [0.4, 0.5) is 0 Å². The van der Waals surface area contributed by atoms with E-state index in [1.807, 2.05) is 0 Å². The van der Waals surface area contributed by atoms with Crippen LogP contribution in [0, 0.1) is 5.92 Å². The quantitative estimate of drug-likeness (QED) is 0.695. The summed E-state index contributed by atoms with van der Waals surface area (Å²) in [4.78, 5) is 0.201. The second kappa shape index (κ2) is 6.47. The number of benzene rings is 1. The SMILES string of the molecule is O=S(=O)(NCCOCC1CC1)c1ccc(CO)cc1. The maximum absolute atomic E-state index is 11.9. The van der Waals surface area contributed by atoms with Crippen molar-refractivity contribution >= 4 is 10.0 Å². The fraction of sp³-hybridized carbons (Fsp3) is 0.538. The Labute approximate surface area is 113 Å². The zero-order valence-corrected chi connectivity index (χ0v) is 11.5. The van der Waals surface area contributed by atoms with Crippen molar-refractivity contribution < 1.29 is 18.3 Å². The number of aliphatic hydroxyl groups excluding tert-OH is 1. The summed E-state index contributed by atoms with van der Waals surface area (Å²) >= 11 is 0. The first-order valence-electron chi connectivity index (χ1n) is 6.39. The number of nitrogens with one attached hydrogen (secondary N) is 1. The van der Waals surface area contributed by atoms with Gasteiger partial charge in [-0.1, -0.05) is 12.1 Å². The van der Waals surface area contributed by atoms with Crippen LogP contribution in [-0.4, -0.2) is 33.3 Å². The van der Waals surface area contributed by atoms with E-state index >= 15 is 0 Å². The number of ether oxygens (including phenoxy) is 1. The van der Waals surface area contributed by atoms with Crippen molar-refractivity contribution in [3.63, 3.8) is 0 Å². The van der Waals surface area contributed by atoms with Gasteiger partial charge in [0, 0.05) is 13.2 Å². The fourth-order valence-electron chi connectivity index (χ4n) is 1.64. The minimum atomic E-state index is -3.48. The Kier molecular flexibility index (Phi) is 4.93. The van der Waals surface area contributed by atoms with E-state index < -0.39 is 10.0 Å². The lowest BCUT2D eigenvalue weighted by Crippen LogP contribution is -2.27. The van der Waals surface area contributed by atoms with Crippen LogP contribution in [0.1, 0.15) is 18.4 Å². The van der Waals surface area contributed by atoms with Crippen molar-refractivity contribution in [3.8, 4) is 0 Å². The van der Waals surface area contributed by atoms with Gasteiger partial charge >= 0.3 is 0 Å². The monoisotopic (exact) mass is 285 g/mol. The van der Waals surface area contributed by atoms with Gasteiger partial charge in [-0.3, -0.25) is 0 Å². The summed E-state index contributed by atoms with van der Waals surface area (Å²) in [5, 5.41) is 8.90. The van der Waals surface area contributed by atoms with Crippen LogP contribution in [0.5, 0.6) is 0 Å². The third-order valence-corrected chi connectivity index (χ3v) is 4.48. The molecule has 2 rings (SSSR count). The lowest BCUT2D eigenvalue weighted by molar-refractivity contribution is 0.129. The molecular weight excluding hydrogens is 266 g/mol. The molecule has 0 unspecified atom stereocenters. The van der Waals surface area contributed by atoms with E-state index in [1.54, 1.807) is 12.1 Å². The molecule has 0 aliphatic heterocycles. The van der Waals surface area contributed by atoms with Gasteiger partial charge in [-0.2, -0.15) is 0 Å². The van der Waals surface area contributed by atoms with Gasteiger partial charge in [0.1, 0.15) is 0 Å². The van der Waals surface area contributed by atoms with E-state index in [2.05, 4.69) is 4.72 Å². The predicted octanol–water partition coefficient (Wildman–Crippen LogP) is 0.884. The molecule has 5 nitrogen and oxygen atoms in total. The van der Waals surface area contributed by atoms with Crippen LogP contribution in [0.25, 0.3) is 0 Å². The number of hydrogen-bond donors (Lipinski definition) is 2. The average molecular weight is 285 g/mol. The molecule has 0 heterocycles. The van der Waals surface area contributed by atoms with Gasteiger partial charge in [-0.25, -0.2) is 13.1 Å². The van der Waals surface area contributed by atoms with Crippen LogP contribution in [-0.2, 0) is 21.4 Å². The maximum atomic E-state index is 11.9. The molecule has 106 valence electrons. The molecule has 0 saturated heterocycles. The van der Waals surface area contributed by atoms with Crippen molar-refractivity contribution in [2.75, 3.05) is 19.8 Å². The Morgan fingerprint density at radius 1 is 1.26 bits per heavy atom. The molecule has 1 saturated carbocycles. The molecule has 0 amide bonds. The standard InChI is InChI=1S/C13H19NO4S/c15-9-11-3-5-13(6-4-11)19(16,17)14-7-8-18-10-12-1-2-12/h3-6,12,14-15H,1-2,7-10H2. The summed E-state index contributed by atoms with van der Waals surface area (Å²) in [5.74, 6) is 0.683. The molecule has 1 aromatic carbocycles. The maximum Gasteiger partial charge on any atom is 0.240 e. The molecule has 0 aromatic heterocycles. The van der Waals surface area contributed by atoms with Gasteiger partial charge in [0.2, 0.25) is 10.0 Å². The van der Waals surface area contributed by atoms with Crippen LogP contribution in [0.3, 0.4) is 0 Å². The largest absolute Gasteiger partial charge is 0.392 e. The van der Waals surface area contributed by atoms with Crippen LogP contribution in [0.15, 0.2) is 29.2 Å². The van der Waals surface area contributed by atoms with Crippen LogP contribution < -0.4 is 4.72 Å². The predicted molar refractivity (Wildman–Crippen MR) is 71.1 cm³/mol. The molecule has 1 aliphatic carbocycles. The van der Waals surface area contributed by atoms with Gasteiger partial charge in [-0.05, 0) is 36.5 Å². The first-order valence-corrected chi connectivity index (χ1v) is 7.87. The molecule has 1 aliphatic rings. The summed E-state index contributed by atoms with van der Waals surface area (Å²) in [7, 11) is -3.48. The molecule has 2 N–H and O–H groups in total. The summed E-state index contributed by atoms with van der Waals surface area (Å²) < 4.78 is 31.7. The minimum Gasteiger partial charge on any atom is -0.392 e. The van der Waals surface area contributed by atoms with Gasteiger partial charge in [0.15, 0.2) is 0 Å². The Balaban J connectivity index is 1.78. The topological polar surface area (TPSA) is 75.6 Å². The molecule has 1 aromatic rings. The zero-order chi connectivity index (χ0) is 13.7. The second-order valence-corrected chi connectivity index (χ2v) is 6.49. The Morgan fingerprint density at radius 2 is 1.95 bits per heavy atom. The van der Waals surface area contributed by atoms with Gasteiger partial charge in [0.05, 0.1) is 18.1 Å². The summed E-state index contributed by atoms with van der Waals surface area (Å²) in [6.45, 7) is 1.30. The number of aliphatic hydroxyl groups is 1. The lowest BCUT2D eigenvalue weighted by Gasteiger charge is -2.07. The molecule has 6 heteroatoms. The first kappa shape index (κ1) is 14.5. The van der Waals surface area contributed by atoms with Gasteiger partial charge < -0.3 is 9.84 Å². The summed E-state index contributed by atoms with van der Waals surface area (Å²) in [6.07, 6.45) is 2.45. The van der Waals surface area contributed by atoms with E-state index in [0.717, 1.165) is 6.61 Å². The highest BCUT2D eigenvalue weighted by molar-refractivity contribution is 7.89. The van der Waals surface area contributed by atoms with Crippen molar-refractivity contribution in [2.24, 2.45) is 5.92 Å². The van der Waals surface area contributed by atoms with Crippen molar-refractivity contribution in [2.45, 2.75) is 24.3 Å². The van der Waals surface area contributed by atoms with Gasteiger partial charge in [0.25, 0.3) is 0 Å². The molecule has 0 bridgehead atoms. The highest BCUT2D eigenvalue weighted by atomic mass is 32.2. The number of sulfonamides is 1. The Hall–Kier alpha value is -0.950. The first-order chi connectivity index (χ1) is 9.12. The van der Waals surface area contributed by atoms with Crippen molar-refractivity contribution in [3.05, 3.63) is 29.8 Å². The Morgan fingerprint density at radius 3 is 2.53 bits per heavy atom. The lowest BCUT2D eigenvalue weighted by atomic mass is 10.2. The highest BCUT2D eigenvalue weighted by Gasteiger charge is 2.21. The summed E-state index contributed by atoms with van der Waals surface area (Å²) in [5.41, 5.74) is 0.687.